The molecule has 0 bridgehead atoms. The zero-order valence-electron chi connectivity index (χ0n) is 3.11. The second-order valence-electron chi connectivity index (χ2n) is 0.200. The van der Waals surface area contributed by atoms with E-state index in [9.17, 15) is 0 Å². The molecular weight excluding hydrogens is 192 g/mol. The molecule has 0 atom stereocenters. The fourth-order valence-corrected chi connectivity index (χ4v) is 0. The zero-order valence-corrected chi connectivity index (χ0v) is 4.66. The number of aliphatic hydroxyl groups excluding tert-OH is 2. The van der Waals surface area contributed by atoms with Crippen molar-refractivity contribution in [2.24, 2.45) is 0 Å². The predicted molar refractivity (Wildman–Crippen MR) is 16.5 cm³/mol. The molecule has 0 aliphatic heterocycles. The van der Waals surface area contributed by atoms with E-state index in [1.165, 1.54) is 0 Å². The first-order chi connectivity index (χ1) is 2.83. The van der Waals surface area contributed by atoms with Gasteiger partial charge in [0.05, 0.1) is 0 Å². The molecule has 0 aromatic heterocycles. The summed E-state index contributed by atoms with van der Waals surface area (Å²) in [6.07, 6.45) is 1.50. The van der Waals surface area contributed by atoms with Crippen molar-refractivity contribution in [3.63, 3.8) is 0 Å². The van der Waals surface area contributed by atoms with Crippen LogP contribution in [0, 0.1) is 23.0 Å². The Balaban J connectivity index is -0.0000000400. The molecule has 44 valence electrons. The third kappa shape index (κ3) is 127. The van der Waals surface area contributed by atoms with Crippen LogP contribution in [0.3, 0.4) is 0 Å². The van der Waals surface area contributed by atoms with Gasteiger partial charge in [0.15, 0.2) is 0 Å². The van der Waals surface area contributed by atoms with Gasteiger partial charge in [0.2, 0.25) is 0 Å². The van der Waals surface area contributed by atoms with Crippen molar-refractivity contribution in [1.82, 2.24) is 0 Å². The van der Waals surface area contributed by atoms with Gasteiger partial charge in [-0.05, 0) is 0 Å². The van der Waals surface area contributed by atoms with Crippen molar-refractivity contribution in [3.8, 4) is 12.5 Å². The Morgan fingerprint density at radius 1 is 1.00 bits per heavy atom. The van der Waals surface area contributed by atoms with Crippen LogP contribution < -0.4 is 0 Å². The average Bonchev–Trinajstić information content (AvgIpc) is 1.39. The summed E-state index contributed by atoms with van der Waals surface area (Å²) < 4.78 is 0. The van der Waals surface area contributed by atoms with Crippen LogP contribution in [0.1, 0.15) is 0 Å². The first-order valence-corrected chi connectivity index (χ1v) is 0.894. The average molecular weight is 195 g/mol. The molecule has 0 unspecified atom stereocenters. The van der Waals surface area contributed by atoms with Gasteiger partial charge in [-0.2, -0.15) is 10.5 Å². The van der Waals surface area contributed by atoms with Crippen LogP contribution in [0.4, 0.5) is 0 Å². The summed E-state index contributed by atoms with van der Waals surface area (Å²) in [5.41, 5.74) is 0. The Bertz CT molecular complexity index is 68.7. The molecule has 2 N–H and O–H groups in total. The Hall–Kier alpha value is -0.680. The summed E-state index contributed by atoms with van der Waals surface area (Å²) in [5.74, 6) is 0. The molecule has 0 aromatic rings. The second kappa shape index (κ2) is 57.0. The van der Waals surface area contributed by atoms with Gasteiger partial charge in [-0.15, -0.1) is 0 Å². The summed E-state index contributed by atoms with van der Waals surface area (Å²) in [5, 5.41) is 27.5. The molecule has 0 aliphatic carbocycles. The molecule has 4 nitrogen and oxygen atoms in total. The molecule has 0 aliphatic rings. The Morgan fingerprint density at radius 2 is 1.00 bits per heavy atom. The topological polar surface area (TPSA) is 88.0 Å². The summed E-state index contributed by atoms with van der Waals surface area (Å²) >= 11 is 0. The summed E-state index contributed by atoms with van der Waals surface area (Å²) in [6.45, 7) is 0. The monoisotopic (exact) mass is 194 g/mol. The molecular formula is C2H3AgN2O2. The van der Waals surface area contributed by atoms with Gasteiger partial charge in [-0.25, -0.2) is 0 Å². The minimum atomic E-state index is 0. The summed E-state index contributed by atoms with van der Waals surface area (Å²) in [4.78, 5) is 0. The fraction of sp³-hybridized carbons (Fsp3) is 0. The number of nitrogens with zero attached hydrogens (tertiary/aromatic N) is 2. The number of aliphatic hydroxyl groups is 2. The van der Waals surface area contributed by atoms with E-state index >= 15 is 0 Å². The Kier molecular flexibility index (Phi) is 132. The molecule has 0 aromatic carbocycles. The number of nitriles is 2. The van der Waals surface area contributed by atoms with Crippen molar-refractivity contribution >= 4 is 0 Å². The maximum absolute atomic E-state index is 6.88. The van der Waals surface area contributed by atoms with Crippen LogP contribution in [0.25, 0.3) is 0 Å². The molecule has 7 heavy (non-hydrogen) atoms. The van der Waals surface area contributed by atoms with Crippen LogP contribution in [-0.4, -0.2) is 10.2 Å². The van der Waals surface area contributed by atoms with Crippen LogP contribution in [0.15, 0.2) is 0 Å². The molecule has 0 spiro atoms. The van der Waals surface area contributed by atoms with E-state index < -0.39 is 0 Å². The standard InChI is InChI=1S/2CHNO.Ag.H/c2*2-1-3;;/h2*3H;;. The Labute approximate surface area is 56.1 Å². The molecule has 0 saturated heterocycles. The van der Waals surface area contributed by atoms with Crippen molar-refractivity contribution in [3.05, 3.63) is 0 Å². The van der Waals surface area contributed by atoms with Gasteiger partial charge in [0, 0.05) is 0 Å². The van der Waals surface area contributed by atoms with Gasteiger partial charge in [-0.3, -0.25) is 0 Å². The van der Waals surface area contributed by atoms with Crippen LogP contribution in [0.5, 0.6) is 0 Å². The molecule has 0 fully saturated rings. The summed E-state index contributed by atoms with van der Waals surface area (Å²) in [6, 6.07) is 0. The fourth-order valence-electron chi connectivity index (χ4n) is 0. The van der Waals surface area contributed by atoms with Crippen LogP contribution >= 0.6 is 0 Å². The van der Waals surface area contributed by atoms with Crippen molar-refractivity contribution in [2.45, 2.75) is 0 Å². The van der Waals surface area contributed by atoms with E-state index in [1.54, 1.807) is 0 Å². The number of rotatable bonds is 0. The van der Waals surface area contributed by atoms with E-state index in [-0.39, 0.29) is 22.4 Å². The van der Waals surface area contributed by atoms with E-state index in [2.05, 4.69) is 0 Å². The van der Waals surface area contributed by atoms with Crippen molar-refractivity contribution < 1.29 is 32.6 Å². The van der Waals surface area contributed by atoms with E-state index in [1.807, 2.05) is 0 Å². The van der Waals surface area contributed by atoms with Gasteiger partial charge in [-0.1, -0.05) is 0 Å². The van der Waals surface area contributed by atoms with Crippen LogP contribution in [-0.2, 0) is 22.4 Å². The maximum atomic E-state index is 6.88. The molecule has 0 saturated carbocycles. The predicted octanol–water partition coefficient (Wildman–Crippen LogP) is -0.590. The molecule has 0 rings (SSSR count). The third-order valence-corrected chi connectivity index (χ3v) is 0. The molecule has 1 radical (unpaired) electrons. The molecule has 5 heteroatoms. The number of hydrogen-bond acceptors (Lipinski definition) is 4. The van der Waals surface area contributed by atoms with Gasteiger partial charge in [0.1, 0.15) is 0 Å². The van der Waals surface area contributed by atoms with Crippen molar-refractivity contribution in [1.29, 1.82) is 10.5 Å². The van der Waals surface area contributed by atoms with E-state index in [0.717, 1.165) is 12.5 Å². The first kappa shape index (κ1) is 16.2. The zero-order chi connectivity index (χ0) is 5.41. The normalized spacial score (nSPS) is 2.00. The molecule has 0 amide bonds. The second-order valence-corrected chi connectivity index (χ2v) is 0.200. The third-order valence-electron chi connectivity index (χ3n) is 0. The van der Waals surface area contributed by atoms with E-state index in [4.69, 9.17) is 20.7 Å². The first-order valence-electron chi connectivity index (χ1n) is 0.894. The summed E-state index contributed by atoms with van der Waals surface area (Å²) in [7, 11) is 0. The quantitative estimate of drug-likeness (QED) is 0.399. The van der Waals surface area contributed by atoms with Gasteiger partial charge >= 0.3 is 22.4 Å². The van der Waals surface area contributed by atoms with Gasteiger partial charge < -0.3 is 10.2 Å². The SMILES string of the molecule is N#CO.N#CO.[AgH]. The number of hydrogen-bond donors (Lipinski definition) is 2. The van der Waals surface area contributed by atoms with Crippen molar-refractivity contribution in [2.75, 3.05) is 0 Å². The van der Waals surface area contributed by atoms with Crippen LogP contribution in [0.2, 0.25) is 0 Å². The van der Waals surface area contributed by atoms with Gasteiger partial charge in [0.25, 0.3) is 12.5 Å². The molecule has 0 heterocycles. The minimum absolute atomic E-state index is 0. The van der Waals surface area contributed by atoms with E-state index in [0.29, 0.717) is 0 Å². The Morgan fingerprint density at radius 3 is 1.00 bits per heavy atom.